The van der Waals surface area contributed by atoms with E-state index in [4.69, 9.17) is 0 Å². The smallest absolute Gasteiger partial charge is 0.131 e. The van der Waals surface area contributed by atoms with E-state index in [9.17, 15) is 9.50 Å². The van der Waals surface area contributed by atoms with Crippen LogP contribution in [-0.2, 0) is 0 Å². The van der Waals surface area contributed by atoms with Gasteiger partial charge in [-0.25, -0.2) is 4.39 Å². The summed E-state index contributed by atoms with van der Waals surface area (Å²) < 4.78 is 13.7. The summed E-state index contributed by atoms with van der Waals surface area (Å²) in [6.45, 7) is 8.48. The summed E-state index contributed by atoms with van der Waals surface area (Å²) in [5.41, 5.74) is 0.601. The highest BCUT2D eigenvalue weighted by atomic mass is 19.1. The number of hydrogen-bond acceptors (Lipinski definition) is 2. The molecule has 0 aliphatic rings. The van der Waals surface area contributed by atoms with E-state index in [1.165, 1.54) is 12.5 Å². The molecular formula is C15H24FNO. The molecule has 3 heteroatoms. The molecule has 0 aromatic heterocycles. The van der Waals surface area contributed by atoms with Crippen molar-refractivity contribution in [1.82, 2.24) is 5.32 Å². The molecule has 0 heterocycles. The Morgan fingerprint density at radius 2 is 1.83 bits per heavy atom. The molecule has 0 spiro atoms. The van der Waals surface area contributed by atoms with Crippen molar-refractivity contribution in [3.63, 3.8) is 0 Å². The Morgan fingerprint density at radius 3 is 2.39 bits per heavy atom. The van der Waals surface area contributed by atoms with Crippen LogP contribution in [0.4, 0.5) is 4.39 Å². The zero-order valence-electron chi connectivity index (χ0n) is 11.7. The molecular weight excluding hydrogens is 229 g/mol. The minimum Gasteiger partial charge on any atom is -0.508 e. The third kappa shape index (κ3) is 4.65. The second-order valence-electron chi connectivity index (χ2n) is 5.47. The highest BCUT2D eigenvalue weighted by Crippen LogP contribution is 2.22. The fourth-order valence-corrected chi connectivity index (χ4v) is 2.05. The summed E-state index contributed by atoms with van der Waals surface area (Å²) in [5.74, 6) is 0.303. The number of phenolic OH excluding ortho intramolecular Hbond substituents is 1. The molecule has 1 rings (SSSR count). The van der Waals surface area contributed by atoms with E-state index < -0.39 is 0 Å². The van der Waals surface area contributed by atoms with Gasteiger partial charge in [0, 0.05) is 23.7 Å². The number of nitrogens with one attached hydrogen (secondary N) is 1. The fourth-order valence-electron chi connectivity index (χ4n) is 2.05. The number of rotatable bonds is 6. The van der Waals surface area contributed by atoms with Crippen molar-refractivity contribution < 1.29 is 9.50 Å². The summed E-state index contributed by atoms with van der Waals surface area (Å²) in [7, 11) is 0. The summed E-state index contributed by atoms with van der Waals surface area (Å²) in [4.78, 5) is 0. The Balaban J connectivity index is 2.56. The fraction of sp³-hybridized carbons (Fsp3) is 0.600. The Kier molecular flexibility index (Phi) is 5.60. The van der Waals surface area contributed by atoms with Gasteiger partial charge in [-0.05, 0) is 38.7 Å². The van der Waals surface area contributed by atoms with Crippen molar-refractivity contribution in [3.8, 4) is 5.75 Å². The largest absolute Gasteiger partial charge is 0.508 e. The van der Waals surface area contributed by atoms with Crippen molar-refractivity contribution in [3.05, 3.63) is 29.6 Å². The number of halogens is 1. The molecule has 2 N–H and O–H groups in total. The predicted octanol–water partition coefficient (Wildman–Crippen LogP) is 4.01. The van der Waals surface area contributed by atoms with Crippen LogP contribution in [0.25, 0.3) is 0 Å². The lowest BCUT2D eigenvalue weighted by Crippen LogP contribution is -2.29. The quantitative estimate of drug-likeness (QED) is 0.803. The second kappa shape index (κ2) is 6.74. The van der Waals surface area contributed by atoms with E-state index in [0.29, 0.717) is 17.5 Å². The zero-order chi connectivity index (χ0) is 13.7. The lowest BCUT2D eigenvalue weighted by Gasteiger charge is -2.21. The van der Waals surface area contributed by atoms with Gasteiger partial charge in [0.2, 0.25) is 0 Å². The van der Waals surface area contributed by atoms with Crippen LogP contribution in [0.1, 0.15) is 52.1 Å². The van der Waals surface area contributed by atoms with Gasteiger partial charge in [-0.1, -0.05) is 19.9 Å². The number of hydrogen-bond donors (Lipinski definition) is 2. The van der Waals surface area contributed by atoms with E-state index in [0.717, 1.165) is 12.5 Å². The molecule has 0 fully saturated rings. The molecule has 18 heavy (non-hydrogen) atoms. The van der Waals surface area contributed by atoms with Gasteiger partial charge in [0.05, 0.1) is 0 Å². The third-order valence-corrected chi connectivity index (χ3v) is 3.16. The predicted molar refractivity (Wildman–Crippen MR) is 73.1 cm³/mol. The molecule has 0 bridgehead atoms. The molecule has 0 amide bonds. The Morgan fingerprint density at radius 1 is 1.17 bits per heavy atom. The molecule has 102 valence electrons. The molecule has 2 nitrogen and oxygen atoms in total. The number of benzene rings is 1. The first kappa shape index (κ1) is 15.0. The van der Waals surface area contributed by atoms with E-state index >= 15 is 0 Å². The lowest BCUT2D eigenvalue weighted by molar-refractivity contribution is 0.408. The summed E-state index contributed by atoms with van der Waals surface area (Å²) in [6.07, 6.45) is 2.25. The average Bonchev–Trinajstić information content (AvgIpc) is 2.26. The molecule has 1 aromatic carbocycles. The first-order valence-corrected chi connectivity index (χ1v) is 6.64. The van der Waals surface area contributed by atoms with E-state index in [-0.39, 0.29) is 17.6 Å². The third-order valence-electron chi connectivity index (χ3n) is 3.16. The molecule has 2 atom stereocenters. The van der Waals surface area contributed by atoms with Gasteiger partial charge in [-0.3, -0.25) is 0 Å². The lowest BCUT2D eigenvalue weighted by atomic mass is 10.0. The maximum atomic E-state index is 13.7. The van der Waals surface area contributed by atoms with Crippen molar-refractivity contribution in [2.75, 3.05) is 0 Å². The second-order valence-corrected chi connectivity index (χ2v) is 5.47. The Labute approximate surface area is 109 Å². The SMILES string of the molecule is CC(C)CCC(C)NC(C)c1ccc(O)cc1F. The van der Waals surface area contributed by atoms with Gasteiger partial charge < -0.3 is 10.4 Å². The molecule has 0 saturated carbocycles. The Bertz CT molecular complexity index is 379. The first-order valence-electron chi connectivity index (χ1n) is 6.64. The number of aromatic hydroxyl groups is 1. The van der Waals surface area contributed by atoms with Gasteiger partial charge in [0.15, 0.2) is 0 Å². The van der Waals surface area contributed by atoms with E-state index in [2.05, 4.69) is 26.1 Å². The zero-order valence-corrected chi connectivity index (χ0v) is 11.7. The molecule has 0 saturated heterocycles. The van der Waals surface area contributed by atoms with Crippen molar-refractivity contribution in [1.29, 1.82) is 0 Å². The molecule has 0 aliphatic heterocycles. The maximum absolute atomic E-state index is 13.7. The monoisotopic (exact) mass is 253 g/mol. The molecule has 0 radical (unpaired) electrons. The van der Waals surface area contributed by atoms with Gasteiger partial charge in [-0.2, -0.15) is 0 Å². The molecule has 1 aromatic rings. The highest BCUT2D eigenvalue weighted by Gasteiger charge is 2.14. The normalized spacial score (nSPS) is 14.8. The van der Waals surface area contributed by atoms with Gasteiger partial charge in [0.25, 0.3) is 0 Å². The van der Waals surface area contributed by atoms with Crippen LogP contribution in [0.15, 0.2) is 18.2 Å². The Hall–Kier alpha value is -1.09. The topological polar surface area (TPSA) is 32.3 Å². The van der Waals surface area contributed by atoms with Crippen LogP contribution in [0.3, 0.4) is 0 Å². The van der Waals surface area contributed by atoms with Crippen molar-refractivity contribution >= 4 is 0 Å². The van der Waals surface area contributed by atoms with Crippen LogP contribution < -0.4 is 5.32 Å². The van der Waals surface area contributed by atoms with Crippen molar-refractivity contribution in [2.45, 2.75) is 52.6 Å². The van der Waals surface area contributed by atoms with E-state index in [1.54, 1.807) is 6.07 Å². The van der Waals surface area contributed by atoms with E-state index in [1.807, 2.05) is 6.92 Å². The van der Waals surface area contributed by atoms with Gasteiger partial charge >= 0.3 is 0 Å². The van der Waals surface area contributed by atoms with Gasteiger partial charge in [0.1, 0.15) is 11.6 Å². The number of phenols is 1. The minimum absolute atomic E-state index is 0.0312. The minimum atomic E-state index is -0.356. The van der Waals surface area contributed by atoms with Crippen LogP contribution >= 0.6 is 0 Å². The molecule has 0 aliphatic carbocycles. The van der Waals surface area contributed by atoms with Crippen molar-refractivity contribution in [2.24, 2.45) is 5.92 Å². The maximum Gasteiger partial charge on any atom is 0.131 e. The van der Waals surface area contributed by atoms with Crippen LogP contribution in [-0.4, -0.2) is 11.1 Å². The summed E-state index contributed by atoms with van der Waals surface area (Å²) in [6, 6.07) is 4.63. The summed E-state index contributed by atoms with van der Waals surface area (Å²) >= 11 is 0. The molecule has 2 unspecified atom stereocenters. The van der Waals surface area contributed by atoms with Gasteiger partial charge in [-0.15, -0.1) is 0 Å². The summed E-state index contributed by atoms with van der Waals surface area (Å²) in [5, 5.41) is 12.6. The van der Waals surface area contributed by atoms with Crippen LogP contribution in [0.2, 0.25) is 0 Å². The highest BCUT2D eigenvalue weighted by molar-refractivity contribution is 5.29. The standard InChI is InChI=1S/C15H24FNO/c1-10(2)5-6-11(3)17-12(4)14-8-7-13(18)9-15(14)16/h7-12,17-18H,5-6H2,1-4H3. The first-order chi connectivity index (χ1) is 8.40. The van der Waals surface area contributed by atoms with Crippen LogP contribution in [0, 0.1) is 11.7 Å². The average molecular weight is 253 g/mol. The van der Waals surface area contributed by atoms with Crippen LogP contribution in [0.5, 0.6) is 5.75 Å².